The molecule has 0 saturated heterocycles. The van der Waals surface area contributed by atoms with Gasteiger partial charge in [0.2, 0.25) is 0 Å². The first-order chi connectivity index (χ1) is 10.0. The molecule has 0 aliphatic heterocycles. The van der Waals surface area contributed by atoms with Gasteiger partial charge in [-0.3, -0.25) is 5.84 Å². The van der Waals surface area contributed by atoms with E-state index in [4.69, 9.17) is 5.84 Å². The lowest BCUT2D eigenvalue weighted by molar-refractivity contribution is 0.625. The molecule has 21 heavy (non-hydrogen) atoms. The van der Waals surface area contributed by atoms with Crippen LogP contribution in [0.1, 0.15) is 47.7 Å². The van der Waals surface area contributed by atoms with Gasteiger partial charge in [-0.25, -0.2) is 5.43 Å². The zero-order valence-electron chi connectivity index (χ0n) is 13.5. The molecule has 2 heteroatoms. The summed E-state index contributed by atoms with van der Waals surface area (Å²) >= 11 is 0. The lowest BCUT2D eigenvalue weighted by Crippen LogP contribution is -2.29. The van der Waals surface area contributed by atoms with Crippen molar-refractivity contribution >= 4 is 0 Å². The number of hydrazine groups is 1. The van der Waals surface area contributed by atoms with Crippen molar-refractivity contribution in [2.75, 3.05) is 0 Å². The SMILES string of the molecule is Cc1cccc(C(NN)c2cccc(CC(C)C)c2)c1C. The summed E-state index contributed by atoms with van der Waals surface area (Å²) in [5.41, 5.74) is 9.43. The number of aryl methyl sites for hydroxylation is 1. The molecule has 0 aliphatic rings. The van der Waals surface area contributed by atoms with Crippen molar-refractivity contribution in [1.29, 1.82) is 0 Å². The Labute approximate surface area is 128 Å². The third-order valence-electron chi connectivity index (χ3n) is 4.05. The van der Waals surface area contributed by atoms with Gasteiger partial charge in [0, 0.05) is 0 Å². The maximum absolute atomic E-state index is 5.86. The van der Waals surface area contributed by atoms with Crippen molar-refractivity contribution < 1.29 is 0 Å². The van der Waals surface area contributed by atoms with Crippen LogP contribution in [0.25, 0.3) is 0 Å². The summed E-state index contributed by atoms with van der Waals surface area (Å²) in [7, 11) is 0. The fourth-order valence-electron chi connectivity index (χ4n) is 2.82. The van der Waals surface area contributed by atoms with Crippen molar-refractivity contribution in [1.82, 2.24) is 5.43 Å². The zero-order chi connectivity index (χ0) is 15.4. The second-order valence-corrected chi connectivity index (χ2v) is 6.23. The van der Waals surface area contributed by atoms with E-state index in [0.717, 1.165) is 6.42 Å². The van der Waals surface area contributed by atoms with Gasteiger partial charge in [0.05, 0.1) is 6.04 Å². The van der Waals surface area contributed by atoms with E-state index in [0.29, 0.717) is 5.92 Å². The van der Waals surface area contributed by atoms with E-state index < -0.39 is 0 Å². The third-order valence-corrected chi connectivity index (χ3v) is 4.05. The molecule has 0 radical (unpaired) electrons. The largest absolute Gasteiger partial charge is 0.271 e. The van der Waals surface area contributed by atoms with Crippen LogP contribution in [0.15, 0.2) is 42.5 Å². The van der Waals surface area contributed by atoms with Gasteiger partial charge < -0.3 is 0 Å². The molecule has 0 saturated carbocycles. The molecule has 0 fully saturated rings. The standard InChI is InChI=1S/C19H26N2/c1-13(2)11-16-8-6-9-17(12-16)19(21-20)18-10-5-7-14(3)15(18)4/h5-10,12-13,19,21H,11,20H2,1-4H3. The lowest BCUT2D eigenvalue weighted by Gasteiger charge is -2.21. The van der Waals surface area contributed by atoms with Crippen LogP contribution in [0.4, 0.5) is 0 Å². The van der Waals surface area contributed by atoms with E-state index in [-0.39, 0.29) is 6.04 Å². The Bertz CT molecular complexity index is 602. The highest BCUT2D eigenvalue weighted by atomic mass is 15.2. The average Bonchev–Trinajstić information content (AvgIpc) is 2.44. The first-order valence-electron chi connectivity index (χ1n) is 7.64. The molecule has 2 aromatic carbocycles. The molecule has 0 aliphatic carbocycles. The minimum Gasteiger partial charge on any atom is -0.271 e. The number of nitrogens with two attached hydrogens (primary N) is 1. The van der Waals surface area contributed by atoms with Crippen molar-refractivity contribution in [3.63, 3.8) is 0 Å². The molecule has 3 N–H and O–H groups in total. The van der Waals surface area contributed by atoms with Gasteiger partial charge in [0.25, 0.3) is 0 Å². The van der Waals surface area contributed by atoms with E-state index >= 15 is 0 Å². The third kappa shape index (κ3) is 3.72. The van der Waals surface area contributed by atoms with Gasteiger partial charge in [-0.2, -0.15) is 0 Å². The molecule has 0 aromatic heterocycles. The molecule has 1 unspecified atom stereocenters. The Morgan fingerprint density at radius 1 is 1.05 bits per heavy atom. The van der Waals surface area contributed by atoms with E-state index in [1.54, 1.807) is 0 Å². The molecular formula is C19H26N2. The smallest absolute Gasteiger partial charge is 0.0712 e. The van der Waals surface area contributed by atoms with Gasteiger partial charge in [-0.05, 0) is 54.0 Å². The van der Waals surface area contributed by atoms with E-state index in [9.17, 15) is 0 Å². The molecule has 112 valence electrons. The van der Waals surface area contributed by atoms with Crippen LogP contribution >= 0.6 is 0 Å². The van der Waals surface area contributed by atoms with E-state index in [1.165, 1.54) is 27.8 Å². The minimum atomic E-state index is 0.0389. The van der Waals surface area contributed by atoms with Gasteiger partial charge in [0.15, 0.2) is 0 Å². The Morgan fingerprint density at radius 2 is 1.76 bits per heavy atom. The number of benzene rings is 2. The monoisotopic (exact) mass is 282 g/mol. The van der Waals surface area contributed by atoms with Crippen LogP contribution in [0.2, 0.25) is 0 Å². The summed E-state index contributed by atoms with van der Waals surface area (Å²) in [6, 6.07) is 15.2. The Kier molecular flexibility index (Phi) is 5.16. The first-order valence-corrected chi connectivity index (χ1v) is 7.64. The highest BCUT2D eigenvalue weighted by molar-refractivity contribution is 5.41. The zero-order valence-corrected chi connectivity index (χ0v) is 13.5. The average molecular weight is 282 g/mol. The molecule has 2 rings (SSSR count). The second-order valence-electron chi connectivity index (χ2n) is 6.23. The molecule has 1 atom stereocenters. The summed E-state index contributed by atoms with van der Waals surface area (Å²) in [6.45, 7) is 8.79. The predicted octanol–water partition coefficient (Wildman–Crippen LogP) is 4.05. The Balaban J connectivity index is 2.39. The van der Waals surface area contributed by atoms with Gasteiger partial charge in [-0.1, -0.05) is 56.3 Å². The number of nitrogens with one attached hydrogen (secondary N) is 1. The summed E-state index contributed by atoms with van der Waals surface area (Å²) in [4.78, 5) is 0. The molecular weight excluding hydrogens is 256 g/mol. The van der Waals surface area contributed by atoms with Crippen molar-refractivity contribution in [2.45, 2.75) is 40.2 Å². The van der Waals surface area contributed by atoms with Gasteiger partial charge in [-0.15, -0.1) is 0 Å². The normalized spacial score (nSPS) is 12.7. The van der Waals surface area contributed by atoms with E-state index in [2.05, 4.69) is 75.6 Å². The highest BCUT2D eigenvalue weighted by Gasteiger charge is 2.15. The van der Waals surface area contributed by atoms with Crippen molar-refractivity contribution in [2.24, 2.45) is 11.8 Å². The minimum absolute atomic E-state index is 0.0389. The van der Waals surface area contributed by atoms with Crippen LogP contribution in [0.3, 0.4) is 0 Å². The van der Waals surface area contributed by atoms with Crippen LogP contribution in [-0.2, 0) is 6.42 Å². The van der Waals surface area contributed by atoms with Gasteiger partial charge >= 0.3 is 0 Å². The fraction of sp³-hybridized carbons (Fsp3) is 0.368. The summed E-state index contributed by atoms with van der Waals surface area (Å²) in [5.74, 6) is 6.51. The highest BCUT2D eigenvalue weighted by Crippen LogP contribution is 2.27. The molecule has 0 heterocycles. The molecule has 0 spiro atoms. The molecule has 0 amide bonds. The van der Waals surface area contributed by atoms with Crippen LogP contribution < -0.4 is 11.3 Å². The number of hydrogen-bond donors (Lipinski definition) is 2. The molecule has 0 bridgehead atoms. The number of rotatable bonds is 5. The summed E-state index contributed by atoms with van der Waals surface area (Å²) in [6.07, 6.45) is 1.10. The molecule has 2 aromatic rings. The second kappa shape index (κ2) is 6.88. The van der Waals surface area contributed by atoms with Crippen LogP contribution in [0, 0.1) is 19.8 Å². The molecule has 2 nitrogen and oxygen atoms in total. The topological polar surface area (TPSA) is 38.0 Å². The van der Waals surface area contributed by atoms with Crippen molar-refractivity contribution in [3.05, 3.63) is 70.3 Å². The predicted molar refractivity (Wildman–Crippen MR) is 90.1 cm³/mol. The van der Waals surface area contributed by atoms with Crippen LogP contribution in [-0.4, -0.2) is 0 Å². The Morgan fingerprint density at radius 3 is 2.43 bits per heavy atom. The Hall–Kier alpha value is -1.64. The maximum atomic E-state index is 5.86. The summed E-state index contributed by atoms with van der Waals surface area (Å²) < 4.78 is 0. The van der Waals surface area contributed by atoms with Crippen molar-refractivity contribution in [3.8, 4) is 0 Å². The maximum Gasteiger partial charge on any atom is 0.0712 e. The van der Waals surface area contributed by atoms with Crippen LogP contribution in [0.5, 0.6) is 0 Å². The quantitative estimate of drug-likeness (QED) is 0.641. The summed E-state index contributed by atoms with van der Waals surface area (Å²) in [5, 5.41) is 0. The number of hydrogen-bond acceptors (Lipinski definition) is 2. The van der Waals surface area contributed by atoms with E-state index in [1.807, 2.05) is 0 Å². The lowest BCUT2D eigenvalue weighted by atomic mass is 9.91. The first kappa shape index (κ1) is 15.7. The fourth-order valence-corrected chi connectivity index (χ4v) is 2.82. The van der Waals surface area contributed by atoms with Gasteiger partial charge in [0.1, 0.15) is 0 Å².